The van der Waals surface area contributed by atoms with Crippen molar-refractivity contribution in [1.82, 2.24) is 0 Å². The summed E-state index contributed by atoms with van der Waals surface area (Å²) in [4.78, 5) is 14.2. The van der Waals surface area contributed by atoms with Gasteiger partial charge in [-0.05, 0) is 84.1 Å². The minimum atomic E-state index is -1.60. The molecule has 0 spiro atoms. The van der Waals surface area contributed by atoms with Crippen LogP contribution in [-0.2, 0) is 57.6 Å². The Bertz CT molecular complexity index is 1790. The summed E-state index contributed by atoms with van der Waals surface area (Å²) in [7, 11) is 3.09. The number of aliphatic hydroxyl groups is 6. The lowest BCUT2D eigenvalue weighted by molar-refractivity contribution is -0.356. The van der Waals surface area contributed by atoms with Crippen LogP contribution >= 0.6 is 0 Å². The van der Waals surface area contributed by atoms with E-state index in [0.29, 0.717) is 25.7 Å². The van der Waals surface area contributed by atoms with Crippen LogP contribution in [0.1, 0.15) is 97.3 Å². The number of allylic oxidation sites excluding steroid dienone is 1. The molecule has 0 bridgehead atoms. The third-order valence-electron chi connectivity index (χ3n) is 16.0. The number of aliphatic hydroxyl groups excluding tert-OH is 6. The lowest BCUT2D eigenvalue weighted by Gasteiger charge is -2.55. The number of hydrogen-bond acceptors (Lipinski definition) is 18. The summed E-state index contributed by atoms with van der Waals surface area (Å²) in [6.07, 6.45) is -8.95. The molecule has 5 heterocycles. The SMILES string of the molecule is COC1CC(OC2CC3=CCC4C(=O)C(C)(c5ccoc5C)CCC4C3(C)CC2O)OC(C)C1OC1CC(O)C(OC2CC(OC)C(OC3OC(CO)C(O)C(O)C3O)C(C)O2)C(C)O1. The average molecular weight is 925 g/mol. The Morgan fingerprint density at radius 1 is 0.738 bits per heavy atom. The average Bonchev–Trinajstić information content (AvgIpc) is 3.71. The Morgan fingerprint density at radius 3 is 1.94 bits per heavy atom. The highest BCUT2D eigenvalue weighted by molar-refractivity contribution is 5.93. The van der Waals surface area contributed by atoms with Gasteiger partial charge in [0.2, 0.25) is 0 Å². The molecule has 368 valence electrons. The van der Waals surface area contributed by atoms with Crippen molar-refractivity contribution in [2.75, 3.05) is 20.8 Å². The molecule has 1 aromatic rings. The van der Waals surface area contributed by atoms with Gasteiger partial charge in [-0.2, -0.15) is 0 Å². The van der Waals surface area contributed by atoms with Crippen LogP contribution < -0.4 is 0 Å². The minimum absolute atomic E-state index is 0.0885. The quantitative estimate of drug-likeness (QED) is 0.164. The summed E-state index contributed by atoms with van der Waals surface area (Å²) in [5.41, 5.74) is 1.30. The Morgan fingerprint density at radius 2 is 1.34 bits per heavy atom. The van der Waals surface area contributed by atoms with E-state index >= 15 is 0 Å². The number of furan rings is 1. The van der Waals surface area contributed by atoms with Crippen molar-refractivity contribution < 1.29 is 87.2 Å². The molecule has 0 aromatic carbocycles. The molecule has 6 N–H and O–H groups in total. The van der Waals surface area contributed by atoms with Gasteiger partial charge in [-0.15, -0.1) is 0 Å². The van der Waals surface area contributed by atoms with Crippen LogP contribution in [-0.4, -0.2) is 174 Å². The zero-order valence-corrected chi connectivity index (χ0v) is 38.8. The largest absolute Gasteiger partial charge is 0.469 e. The molecular formula is C47H72O18. The Kier molecular flexibility index (Phi) is 15.1. The Labute approximate surface area is 380 Å². The second kappa shape index (κ2) is 19.8. The van der Waals surface area contributed by atoms with Crippen molar-refractivity contribution in [2.24, 2.45) is 17.3 Å². The lowest BCUT2D eigenvalue weighted by Crippen LogP contribution is -2.62. The molecule has 0 amide bonds. The predicted molar refractivity (Wildman–Crippen MR) is 226 cm³/mol. The number of hydrogen-bond donors (Lipinski definition) is 6. The van der Waals surface area contributed by atoms with E-state index in [1.54, 1.807) is 27.2 Å². The molecule has 18 heteroatoms. The van der Waals surface area contributed by atoms with Gasteiger partial charge in [-0.25, -0.2) is 0 Å². The van der Waals surface area contributed by atoms with Crippen molar-refractivity contribution in [3.05, 3.63) is 35.3 Å². The zero-order valence-electron chi connectivity index (χ0n) is 38.8. The molecule has 3 aliphatic carbocycles. The van der Waals surface area contributed by atoms with Crippen molar-refractivity contribution in [3.8, 4) is 0 Å². The maximum atomic E-state index is 14.2. The van der Waals surface area contributed by atoms with Gasteiger partial charge in [-0.1, -0.05) is 18.6 Å². The zero-order chi connectivity index (χ0) is 46.7. The summed E-state index contributed by atoms with van der Waals surface area (Å²) >= 11 is 0. The Hall–Kier alpha value is -1.95. The minimum Gasteiger partial charge on any atom is -0.469 e. The van der Waals surface area contributed by atoms with E-state index < -0.39 is 129 Å². The molecule has 4 aliphatic heterocycles. The monoisotopic (exact) mass is 924 g/mol. The molecule has 1 aromatic heterocycles. The summed E-state index contributed by atoms with van der Waals surface area (Å²) in [5, 5.41) is 63.6. The van der Waals surface area contributed by atoms with E-state index in [1.807, 2.05) is 19.9 Å². The first-order valence-corrected chi connectivity index (χ1v) is 23.5. The number of rotatable bonds is 12. The van der Waals surface area contributed by atoms with E-state index in [2.05, 4.69) is 19.9 Å². The molecule has 23 atom stereocenters. The second-order valence-corrected chi connectivity index (χ2v) is 20.0. The number of Topliss-reactive ketones (excluding diaryl/α,β-unsaturated/α-hetero) is 1. The van der Waals surface area contributed by atoms with Gasteiger partial charge in [0, 0.05) is 45.0 Å². The van der Waals surface area contributed by atoms with Crippen LogP contribution in [0.2, 0.25) is 0 Å². The smallest absolute Gasteiger partial charge is 0.187 e. The molecule has 7 aliphatic rings. The van der Waals surface area contributed by atoms with E-state index in [4.69, 9.17) is 51.8 Å². The van der Waals surface area contributed by atoms with Crippen LogP contribution in [0.15, 0.2) is 28.4 Å². The van der Waals surface area contributed by atoms with Gasteiger partial charge in [0.25, 0.3) is 0 Å². The first-order chi connectivity index (χ1) is 30.9. The number of ether oxygens (including phenoxy) is 10. The molecule has 23 unspecified atom stereocenters. The fourth-order valence-corrected chi connectivity index (χ4v) is 12.2. The van der Waals surface area contributed by atoms with Gasteiger partial charge in [-0.3, -0.25) is 4.79 Å². The van der Waals surface area contributed by atoms with E-state index in [9.17, 15) is 35.4 Å². The third kappa shape index (κ3) is 9.43. The number of carbonyl (C=O) groups excluding carboxylic acids is 1. The lowest BCUT2D eigenvalue weighted by atomic mass is 9.49. The van der Waals surface area contributed by atoms with E-state index in [0.717, 1.165) is 24.2 Å². The van der Waals surface area contributed by atoms with Gasteiger partial charge >= 0.3 is 0 Å². The van der Waals surface area contributed by atoms with Gasteiger partial charge in [0.1, 0.15) is 54.3 Å². The third-order valence-corrected chi connectivity index (χ3v) is 16.0. The van der Waals surface area contributed by atoms with Crippen LogP contribution in [0.3, 0.4) is 0 Å². The van der Waals surface area contributed by atoms with Crippen LogP contribution in [0.5, 0.6) is 0 Å². The highest BCUT2D eigenvalue weighted by atomic mass is 16.8. The topological polar surface area (TPSA) is 244 Å². The fourth-order valence-electron chi connectivity index (χ4n) is 12.2. The number of fused-ring (bicyclic) bond motifs is 3. The van der Waals surface area contributed by atoms with E-state index in [1.165, 1.54) is 12.7 Å². The Balaban J connectivity index is 0.828. The van der Waals surface area contributed by atoms with Gasteiger partial charge < -0.3 is 82.4 Å². The molecule has 18 nitrogen and oxygen atoms in total. The number of carbonyl (C=O) groups is 1. The van der Waals surface area contributed by atoms with Crippen molar-refractivity contribution in [3.63, 3.8) is 0 Å². The summed E-state index contributed by atoms with van der Waals surface area (Å²) in [5.74, 6) is 1.07. The highest BCUT2D eigenvalue weighted by Crippen LogP contribution is 2.59. The second-order valence-electron chi connectivity index (χ2n) is 20.0. The summed E-state index contributed by atoms with van der Waals surface area (Å²) < 4.78 is 66.9. The summed E-state index contributed by atoms with van der Waals surface area (Å²) in [6.45, 7) is 11.0. The van der Waals surface area contributed by atoms with Crippen molar-refractivity contribution in [1.29, 1.82) is 0 Å². The number of methoxy groups -OCH3 is 2. The first kappa shape index (κ1) is 49.5. The molecular weight excluding hydrogens is 852 g/mol. The molecule has 6 fully saturated rings. The van der Waals surface area contributed by atoms with Crippen LogP contribution in [0.25, 0.3) is 0 Å². The predicted octanol–water partition coefficient (Wildman–Crippen LogP) is 2.07. The van der Waals surface area contributed by atoms with Crippen LogP contribution in [0.4, 0.5) is 0 Å². The molecule has 65 heavy (non-hydrogen) atoms. The van der Waals surface area contributed by atoms with Crippen molar-refractivity contribution >= 4 is 5.78 Å². The van der Waals surface area contributed by atoms with Crippen molar-refractivity contribution in [2.45, 2.75) is 215 Å². The number of ketones is 1. The molecule has 0 radical (unpaired) electrons. The first-order valence-electron chi connectivity index (χ1n) is 23.5. The normalized spacial score (nSPS) is 49.5. The molecule has 8 rings (SSSR count). The summed E-state index contributed by atoms with van der Waals surface area (Å²) in [6, 6.07) is 1.94. The molecule has 4 saturated heterocycles. The fraction of sp³-hybridized carbons (Fsp3) is 0.851. The molecule has 2 saturated carbocycles. The van der Waals surface area contributed by atoms with Gasteiger partial charge in [0.05, 0.1) is 67.1 Å². The van der Waals surface area contributed by atoms with E-state index in [-0.39, 0.29) is 35.9 Å². The van der Waals surface area contributed by atoms with Crippen LogP contribution in [0, 0.1) is 24.2 Å². The van der Waals surface area contributed by atoms with Gasteiger partial charge in [0.15, 0.2) is 25.2 Å². The highest BCUT2D eigenvalue weighted by Gasteiger charge is 2.58. The maximum absolute atomic E-state index is 14.2. The standard InChI is InChI=1S/C47H72O18/c1-21-27(12-14-57-21)46(5)13-11-28-26(44(46)54)10-9-25-15-31(30(50)19-47(25,28)6)61-36-17-32(55-7)42(23(3)59-36)64-35-16-29(49)41(22(2)58-35)63-37-18-33(56-8)43(24(4)60-37)65-45-40(53)39(52)38(51)34(20-48)62-45/h9,12,14,22-24,26,28-43,45,48-53H,10-11,13,15-20H2,1-8H3. The maximum Gasteiger partial charge on any atom is 0.187 e. The number of aryl methyl sites for hydroxylation is 1.